The highest BCUT2D eigenvalue weighted by molar-refractivity contribution is 7.89. The van der Waals surface area contributed by atoms with Gasteiger partial charge in [-0.25, -0.2) is 8.42 Å². The fourth-order valence-corrected chi connectivity index (χ4v) is 5.72. The van der Waals surface area contributed by atoms with E-state index in [0.717, 1.165) is 45.2 Å². The number of hydrogen-bond donors (Lipinski definition) is 1. The summed E-state index contributed by atoms with van der Waals surface area (Å²) in [6.07, 6.45) is 6.17. The van der Waals surface area contributed by atoms with Crippen LogP contribution in [0.5, 0.6) is 0 Å². The molecule has 0 radical (unpaired) electrons. The van der Waals surface area contributed by atoms with Crippen LogP contribution in [0.25, 0.3) is 0 Å². The maximum atomic E-state index is 13.0. The summed E-state index contributed by atoms with van der Waals surface area (Å²) in [4.78, 5) is 14.8. The van der Waals surface area contributed by atoms with Crippen molar-refractivity contribution in [2.45, 2.75) is 50.3 Å². The van der Waals surface area contributed by atoms with Gasteiger partial charge in [0.05, 0.1) is 22.2 Å². The third kappa shape index (κ3) is 5.47. The van der Waals surface area contributed by atoms with Crippen molar-refractivity contribution in [1.29, 1.82) is 0 Å². The Morgan fingerprint density at radius 1 is 1.14 bits per heavy atom. The first-order valence-corrected chi connectivity index (χ1v) is 12.0. The summed E-state index contributed by atoms with van der Waals surface area (Å²) in [6, 6.07) is 4.55. The Balaban J connectivity index is 1.71. The van der Waals surface area contributed by atoms with Crippen molar-refractivity contribution < 1.29 is 13.2 Å². The number of piperidine rings is 1. The van der Waals surface area contributed by atoms with Gasteiger partial charge in [-0.15, -0.1) is 0 Å². The van der Waals surface area contributed by atoms with E-state index >= 15 is 0 Å². The Hall–Kier alpha value is -1.15. The molecule has 1 amide bonds. The van der Waals surface area contributed by atoms with Crippen molar-refractivity contribution in [1.82, 2.24) is 9.21 Å². The Labute approximate surface area is 173 Å². The molecule has 2 fully saturated rings. The number of rotatable bonds is 5. The van der Waals surface area contributed by atoms with Crippen LogP contribution in [0.15, 0.2) is 23.1 Å². The molecule has 8 heteroatoms. The van der Waals surface area contributed by atoms with Crippen LogP contribution in [0, 0.1) is 5.92 Å². The monoisotopic (exact) mass is 427 g/mol. The minimum Gasteiger partial charge on any atom is -0.324 e. The number of likely N-dealkylation sites (tertiary alicyclic amines) is 1. The summed E-state index contributed by atoms with van der Waals surface area (Å²) in [7, 11) is -3.58. The standard InChI is InChI=1S/C20H30ClN3O3S/c1-16-7-6-10-23(14-16)15-20(25)22-19-13-17(8-9-18(19)21)28(26,27)24-11-4-2-3-5-12-24/h8-9,13,16H,2-7,10-12,14-15H2,1H3,(H,22,25). The van der Waals surface area contributed by atoms with Gasteiger partial charge >= 0.3 is 0 Å². The second-order valence-corrected chi connectivity index (χ2v) is 10.3. The molecular weight excluding hydrogens is 398 g/mol. The summed E-state index contributed by atoms with van der Waals surface area (Å²) in [5, 5.41) is 3.15. The number of hydrogen-bond acceptors (Lipinski definition) is 4. The lowest BCUT2D eigenvalue weighted by Gasteiger charge is -2.30. The largest absolute Gasteiger partial charge is 0.324 e. The molecule has 1 aromatic carbocycles. The number of halogens is 1. The van der Waals surface area contributed by atoms with E-state index in [2.05, 4.69) is 17.1 Å². The van der Waals surface area contributed by atoms with Gasteiger partial charge in [-0.1, -0.05) is 31.4 Å². The van der Waals surface area contributed by atoms with Gasteiger partial charge in [0, 0.05) is 19.6 Å². The summed E-state index contributed by atoms with van der Waals surface area (Å²) >= 11 is 6.23. The highest BCUT2D eigenvalue weighted by atomic mass is 35.5. The van der Waals surface area contributed by atoms with Crippen molar-refractivity contribution in [3.63, 3.8) is 0 Å². The van der Waals surface area contributed by atoms with Crippen molar-refractivity contribution in [2.75, 3.05) is 38.0 Å². The molecule has 6 nitrogen and oxygen atoms in total. The quantitative estimate of drug-likeness (QED) is 0.779. The molecular formula is C20H30ClN3O3S. The normalized spacial score (nSPS) is 22.6. The fourth-order valence-electron chi connectivity index (χ4n) is 4.01. The van der Waals surface area contributed by atoms with Crippen LogP contribution in [0.1, 0.15) is 45.4 Å². The molecule has 0 aliphatic carbocycles. The third-order valence-electron chi connectivity index (χ3n) is 5.52. The average molecular weight is 428 g/mol. The van der Waals surface area contributed by atoms with Gasteiger partial charge in [-0.2, -0.15) is 4.31 Å². The molecule has 1 unspecified atom stereocenters. The van der Waals surface area contributed by atoms with Gasteiger partial charge in [0.2, 0.25) is 15.9 Å². The fraction of sp³-hybridized carbons (Fsp3) is 0.650. The maximum absolute atomic E-state index is 13.0. The van der Waals surface area contributed by atoms with Crippen molar-refractivity contribution in [3.8, 4) is 0 Å². The number of amides is 1. The molecule has 0 saturated carbocycles. The van der Waals surface area contributed by atoms with Crippen LogP contribution < -0.4 is 5.32 Å². The molecule has 3 rings (SSSR count). The zero-order valence-electron chi connectivity index (χ0n) is 16.5. The molecule has 2 saturated heterocycles. The first kappa shape index (κ1) is 21.6. The number of nitrogens with zero attached hydrogens (tertiary/aromatic N) is 2. The number of carbonyl (C=O) groups excluding carboxylic acids is 1. The third-order valence-corrected chi connectivity index (χ3v) is 7.75. The van der Waals surface area contributed by atoms with Crippen molar-refractivity contribution in [3.05, 3.63) is 23.2 Å². The Kier molecular flexibility index (Phi) is 7.36. The van der Waals surface area contributed by atoms with Gasteiger partial charge < -0.3 is 5.32 Å². The van der Waals surface area contributed by atoms with Gasteiger partial charge in [0.15, 0.2) is 0 Å². The summed E-state index contributed by atoms with van der Waals surface area (Å²) in [5.74, 6) is 0.424. The smallest absolute Gasteiger partial charge is 0.243 e. The van der Waals surface area contributed by atoms with E-state index in [0.29, 0.717) is 36.3 Å². The molecule has 1 atom stereocenters. The van der Waals surface area contributed by atoms with Gasteiger partial charge in [-0.3, -0.25) is 9.69 Å². The van der Waals surface area contributed by atoms with Crippen molar-refractivity contribution >= 4 is 33.2 Å². The van der Waals surface area contributed by atoms with E-state index in [1.54, 1.807) is 10.4 Å². The highest BCUT2D eigenvalue weighted by Crippen LogP contribution is 2.28. The van der Waals surface area contributed by atoms with E-state index < -0.39 is 10.0 Å². The van der Waals surface area contributed by atoms with Crippen LogP contribution >= 0.6 is 11.6 Å². The molecule has 0 bridgehead atoms. The molecule has 1 N–H and O–H groups in total. The Morgan fingerprint density at radius 3 is 2.54 bits per heavy atom. The van der Waals surface area contributed by atoms with Crippen LogP contribution in [0.3, 0.4) is 0 Å². The SMILES string of the molecule is CC1CCCN(CC(=O)Nc2cc(S(=O)(=O)N3CCCCCC3)ccc2Cl)C1. The maximum Gasteiger partial charge on any atom is 0.243 e. The lowest BCUT2D eigenvalue weighted by atomic mass is 10.0. The summed E-state index contributed by atoms with van der Waals surface area (Å²) < 4.78 is 27.6. The van der Waals surface area contributed by atoms with E-state index in [1.807, 2.05) is 0 Å². The number of carbonyl (C=O) groups is 1. The zero-order chi connectivity index (χ0) is 20.1. The molecule has 2 aliphatic heterocycles. The number of benzene rings is 1. The van der Waals surface area contributed by atoms with Gasteiger partial charge in [-0.05, 0) is 56.3 Å². The van der Waals surface area contributed by atoms with E-state index in [4.69, 9.17) is 11.6 Å². The van der Waals surface area contributed by atoms with E-state index in [1.165, 1.54) is 18.6 Å². The number of anilines is 1. The minimum atomic E-state index is -3.58. The lowest BCUT2D eigenvalue weighted by Crippen LogP contribution is -2.39. The van der Waals surface area contributed by atoms with E-state index in [9.17, 15) is 13.2 Å². The van der Waals surface area contributed by atoms with Crippen LogP contribution in [-0.2, 0) is 14.8 Å². The molecule has 0 spiro atoms. The van der Waals surface area contributed by atoms with Crippen LogP contribution in [0.2, 0.25) is 5.02 Å². The van der Waals surface area contributed by atoms with Gasteiger partial charge in [0.25, 0.3) is 0 Å². The lowest BCUT2D eigenvalue weighted by molar-refractivity contribution is -0.117. The topological polar surface area (TPSA) is 69.7 Å². The zero-order valence-corrected chi connectivity index (χ0v) is 18.1. The van der Waals surface area contributed by atoms with E-state index in [-0.39, 0.29) is 10.8 Å². The number of sulfonamides is 1. The second kappa shape index (κ2) is 9.57. The Bertz CT molecular complexity index is 792. The summed E-state index contributed by atoms with van der Waals surface area (Å²) in [5.41, 5.74) is 0.354. The molecule has 2 aliphatic rings. The average Bonchev–Trinajstić information content (AvgIpc) is 2.93. The van der Waals surface area contributed by atoms with Gasteiger partial charge in [0.1, 0.15) is 0 Å². The van der Waals surface area contributed by atoms with Crippen molar-refractivity contribution in [2.24, 2.45) is 5.92 Å². The predicted molar refractivity (Wildman–Crippen MR) is 112 cm³/mol. The molecule has 1 aromatic rings. The molecule has 156 valence electrons. The number of nitrogens with one attached hydrogen (secondary N) is 1. The molecule has 28 heavy (non-hydrogen) atoms. The molecule has 2 heterocycles. The predicted octanol–water partition coefficient (Wildman–Crippen LogP) is 3.58. The first-order chi connectivity index (χ1) is 13.4. The minimum absolute atomic E-state index is 0.166. The highest BCUT2D eigenvalue weighted by Gasteiger charge is 2.26. The summed E-state index contributed by atoms with van der Waals surface area (Å²) in [6.45, 7) is 5.39. The second-order valence-electron chi connectivity index (χ2n) is 7.99. The molecule has 0 aromatic heterocycles. The first-order valence-electron chi connectivity index (χ1n) is 10.2. The van der Waals surface area contributed by atoms with Crippen LogP contribution in [-0.4, -0.2) is 56.3 Å². The Morgan fingerprint density at radius 2 is 1.86 bits per heavy atom. The van der Waals surface area contributed by atoms with Crippen LogP contribution in [0.4, 0.5) is 5.69 Å².